The zero-order valence-corrected chi connectivity index (χ0v) is 18.0. The van der Waals surface area contributed by atoms with Gasteiger partial charge in [-0.25, -0.2) is 14.4 Å². The smallest absolute Gasteiger partial charge is 0.255 e. The van der Waals surface area contributed by atoms with Crippen molar-refractivity contribution in [3.63, 3.8) is 0 Å². The summed E-state index contributed by atoms with van der Waals surface area (Å²) in [5.41, 5.74) is 2.32. The first-order valence-electron chi connectivity index (χ1n) is 10.4. The normalized spacial score (nSPS) is 14.0. The third kappa shape index (κ3) is 4.66. The minimum absolute atomic E-state index is 0.107. The zero-order chi connectivity index (χ0) is 22.4. The van der Waals surface area contributed by atoms with E-state index in [-0.39, 0.29) is 12.3 Å². The molecule has 1 aliphatic rings. The molecule has 1 amide bonds. The summed E-state index contributed by atoms with van der Waals surface area (Å²) in [6.07, 6.45) is 1.51. The Morgan fingerprint density at radius 1 is 1.26 bits per heavy atom. The average Bonchev–Trinajstić information content (AvgIpc) is 3.18. The van der Waals surface area contributed by atoms with E-state index in [1.165, 1.54) is 6.20 Å². The Balaban J connectivity index is 0.00000132. The number of rotatable bonds is 4. The maximum atomic E-state index is 13.4. The summed E-state index contributed by atoms with van der Waals surface area (Å²) in [5, 5.41) is 9.20. The van der Waals surface area contributed by atoms with Crippen molar-refractivity contribution in [2.24, 2.45) is 0 Å². The largest absolute Gasteiger partial charge is 0.497 e. The molecular formula is C23H26FN5O2. The lowest BCUT2D eigenvalue weighted by Crippen LogP contribution is -2.39. The van der Waals surface area contributed by atoms with E-state index in [1.54, 1.807) is 22.6 Å². The number of piperidine rings is 1. The highest BCUT2D eigenvalue weighted by molar-refractivity contribution is 5.96. The first kappa shape index (κ1) is 22.2. The predicted octanol–water partition coefficient (Wildman–Crippen LogP) is 4.10. The summed E-state index contributed by atoms with van der Waals surface area (Å²) >= 11 is 0. The van der Waals surface area contributed by atoms with E-state index < -0.39 is 6.17 Å². The van der Waals surface area contributed by atoms with Crippen LogP contribution in [-0.4, -0.2) is 51.7 Å². The van der Waals surface area contributed by atoms with Crippen molar-refractivity contribution >= 4 is 17.1 Å². The summed E-state index contributed by atoms with van der Waals surface area (Å²) in [4.78, 5) is 23.4. The number of carbonyl (C=O) groups is 1. The number of ether oxygens (including phenoxy) is 1. The minimum Gasteiger partial charge on any atom is -0.497 e. The average molecular weight is 423 g/mol. The molecule has 1 saturated heterocycles. The standard InChI is InChI=1S/C21H20FN5O2.C2H6/c1-29-17-4-2-16(3-5-17)27-19(6-9-23)25-18-12-14(13-24-20(18)27)21(28)26-10-7-15(22)8-11-26;1-2/h2-5,12-13,15H,6-8,10-11H2,1H3;1-2H3. The van der Waals surface area contributed by atoms with Gasteiger partial charge in [0.1, 0.15) is 23.3 Å². The van der Waals surface area contributed by atoms with Gasteiger partial charge in [-0.15, -0.1) is 0 Å². The summed E-state index contributed by atoms with van der Waals surface area (Å²) in [6, 6.07) is 11.2. The fourth-order valence-corrected chi connectivity index (χ4v) is 3.55. The monoisotopic (exact) mass is 423 g/mol. The molecule has 0 bridgehead atoms. The Hall–Kier alpha value is -3.47. The number of nitrogens with zero attached hydrogens (tertiary/aromatic N) is 5. The number of pyridine rings is 1. The van der Waals surface area contributed by atoms with Crippen molar-refractivity contribution in [2.45, 2.75) is 39.3 Å². The quantitative estimate of drug-likeness (QED) is 0.631. The number of methoxy groups -OCH3 is 1. The Bertz CT molecular complexity index is 1080. The number of aromatic nitrogens is 3. The van der Waals surface area contributed by atoms with E-state index in [1.807, 2.05) is 38.1 Å². The van der Waals surface area contributed by atoms with E-state index in [4.69, 9.17) is 4.74 Å². The van der Waals surface area contributed by atoms with Crippen LogP contribution in [0.3, 0.4) is 0 Å². The van der Waals surface area contributed by atoms with Gasteiger partial charge in [-0.2, -0.15) is 5.26 Å². The van der Waals surface area contributed by atoms with E-state index in [0.717, 1.165) is 11.4 Å². The molecule has 162 valence electrons. The van der Waals surface area contributed by atoms with Gasteiger partial charge < -0.3 is 9.64 Å². The van der Waals surface area contributed by atoms with Crippen LogP contribution in [0.25, 0.3) is 16.9 Å². The molecule has 7 nitrogen and oxygen atoms in total. The molecule has 4 rings (SSSR count). The zero-order valence-electron chi connectivity index (χ0n) is 18.0. The molecule has 2 aromatic heterocycles. The van der Waals surface area contributed by atoms with Crippen LogP contribution in [0.4, 0.5) is 4.39 Å². The van der Waals surface area contributed by atoms with Gasteiger partial charge in [0.15, 0.2) is 5.65 Å². The number of hydrogen-bond acceptors (Lipinski definition) is 5. The molecule has 1 aliphatic heterocycles. The third-order valence-corrected chi connectivity index (χ3v) is 5.09. The lowest BCUT2D eigenvalue weighted by atomic mass is 10.1. The van der Waals surface area contributed by atoms with Crippen molar-refractivity contribution in [1.29, 1.82) is 5.26 Å². The number of benzene rings is 1. The van der Waals surface area contributed by atoms with E-state index in [0.29, 0.717) is 48.5 Å². The number of hydrogen-bond donors (Lipinski definition) is 0. The summed E-state index contributed by atoms with van der Waals surface area (Å²) in [5.74, 6) is 1.09. The number of imidazole rings is 1. The van der Waals surface area contributed by atoms with Gasteiger partial charge in [-0.05, 0) is 43.2 Å². The molecule has 1 aromatic carbocycles. The number of halogens is 1. The maximum absolute atomic E-state index is 13.4. The van der Waals surface area contributed by atoms with Gasteiger partial charge in [0, 0.05) is 25.0 Å². The number of likely N-dealkylation sites (tertiary alicyclic amines) is 1. The van der Waals surface area contributed by atoms with Crippen LogP contribution < -0.4 is 4.74 Å². The first-order chi connectivity index (χ1) is 15.1. The van der Waals surface area contributed by atoms with Crippen LogP contribution in [0.5, 0.6) is 5.75 Å². The summed E-state index contributed by atoms with van der Waals surface area (Å²) in [6.45, 7) is 4.80. The predicted molar refractivity (Wildman–Crippen MR) is 116 cm³/mol. The Labute approximate surface area is 181 Å². The Morgan fingerprint density at radius 2 is 1.94 bits per heavy atom. The molecular weight excluding hydrogens is 397 g/mol. The van der Waals surface area contributed by atoms with Crippen molar-refractivity contribution in [2.75, 3.05) is 20.2 Å². The van der Waals surface area contributed by atoms with Crippen molar-refractivity contribution in [3.05, 3.63) is 47.9 Å². The van der Waals surface area contributed by atoms with E-state index in [9.17, 15) is 14.4 Å². The fraction of sp³-hybridized carbons (Fsp3) is 0.391. The molecule has 0 saturated carbocycles. The first-order valence-corrected chi connectivity index (χ1v) is 10.4. The molecule has 0 radical (unpaired) electrons. The fourth-order valence-electron chi connectivity index (χ4n) is 3.55. The summed E-state index contributed by atoms with van der Waals surface area (Å²) < 4.78 is 20.4. The number of amides is 1. The highest BCUT2D eigenvalue weighted by Gasteiger charge is 2.24. The molecule has 1 fully saturated rings. The van der Waals surface area contributed by atoms with E-state index in [2.05, 4.69) is 16.0 Å². The van der Waals surface area contributed by atoms with Crippen LogP contribution >= 0.6 is 0 Å². The van der Waals surface area contributed by atoms with Gasteiger partial charge in [-0.3, -0.25) is 9.36 Å². The van der Waals surface area contributed by atoms with E-state index >= 15 is 0 Å². The SMILES string of the molecule is CC.COc1ccc(-n2c(CC#N)nc3cc(C(=O)N4CCC(F)CC4)cnc32)cc1. The minimum atomic E-state index is -0.839. The van der Waals surface area contributed by atoms with Crippen LogP contribution in [0.1, 0.15) is 42.9 Å². The van der Waals surface area contributed by atoms with Gasteiger partial charge in [0.25, 0.3) is 5.91 Å². The molecule has 3 aromatic rings. The molecule has 0 aliphatic carbocycles. The van der Waals surface area contributed by atoms with Gasteiger partial charge >= 0.3 is 0 Å². The van der Waals surface area contributed by atoms with Gasteiger partial charge in [0.05, 0.1) is 25.2 Å². The van der Waals surface area contributed by atoms with Crippen LogP contribution in [0.2, 0.25) is 0 Å². The lowest BCUT2D eigenvalue weighted by molar-refractivity contribution is 0.0666. The highest BCUT2D eigenvalue weighted by atomic mass is 19.1. The van der Waals surface area contributed by atoms with Crippen LogP contribution in [-0.2, 0) is 6.42 Å². The van der Waals surface area contributed by atoms with Crippen molar-refractivity contribution in [3.8, 4) is 17.5 Å². The molecule has 31 heavy (non-hydrogen) atoms. The Morgan fingerprint density at radius 3 is 2.55 bits per heavy atom. The summed E-state index contributed by atoms with van der Waals surface area (Å²) in [7, 11) is 1.60. The lowest BCUT2D eigenvalue weighted by Gasteiger charge is -2.28. The molecule has 8 heteroatoms. The topological polar surface area (TPSA) is 84.0 Å². The maximum Gasteiger partial charge on any atom is 0.255 e. The number of fused-ring (bicyclic) bond motifs is 1. The second kappa shape index (κ2) is 10.0. The van der Waals surface area contributed by atoms with Crippen LogP contribution in [0, 0.1) is 11.3 Å². The second-order valence-corrected chi connectivity index (χ2v) is 6.93. The molecule has 3 heterocycles. The number of nitriles is 1. The molecule has 0 N–H and O–H groups in total. The molecule has 0 spiro atoms. The second-order valence-electron chi connectivity index (χ2n) is 6.93. The number of alkyl halides is 1. The molecule has 0 unspecified atom stereocenters. The van der Waals surface area contributed by atoms with Crippen LogP contribution in [0.15, 0.2) is 36.5 Å². The van der Waals surface area contributed by atoms with Gasteiger partial charge in [0.2, 0.25) is 0 Å². The van der Waals surface area contributed by atoms with Crippen molar-refractivity contribution < 1.29 is 13.9 Å². The molecule has 0 atom stereocenters. The highest BCUT2D eigenvalue weighted by Crippen LogP contribution is 2.24. The van der Waals surface area contributed by atoms with Crippen molar-refractivity contribution in [1.82, 2.24) is 19.4 Å². The third-order valence-electron chi connectivity index (χ3n) is 5.09. The van der Waals surface area contributed by atoms with Gasteiger partial charge in [-0.1, -0.05) is 13.8 Å². The Kier molecular flexibility index (Phi) is 7.19. The number of carbonyl (C=O) groups excluding carboxylic acids is 1.